The number of rotatable bonds is 5. The van der Waals surface area contributed by atoms with Gasteiger partial charge in [-0.3, -0.25) is 9.09 Å². The summed E-state index contributed by atoms with van der Waals surface area (Å²) >= 11 is 0. The molecule has 6 heteroatoms. The molecule has 0 amide bonds. The Kier molecular flexibility index (Phi) is 5.01. The quantitative estimate of drug-likeness (QED) is 0.467. The molecule has 1 aromatic carbocycles. The van der Waals surface area contributed by atoms with E-state index in [9.17, 15) is 4.57 Å². The van der Waals surface area contributed by atoms with Gasteiger partial charge in [-0.15, -0.1) is 0 Å². The smallest absolute Gasteiger partial charge is 0.356 e. The van der Waals surface area contributed by atoms with Gasteiger partial charge in [-0.2, -0.15) is 0 Å². The molecule has 0 saturated carbocycles. The summed E-state index contributed by atoms with van der Waals surface area (Å²) in [5.74, 6) is 0. The lowest BCUT2D eigenvalue weighted by molar-refractivity contribution is 0.0594. The Morgan fingerprint density at radius 1 is 1.39 bits per heavy atom. The summed E-state index contributed by atoms with van der Waals surface area (Å²) in [6.07, 6.45) is 0.868. The van der Waals surface area contributed by atoms with Crippen molar-refractivity contribution in [3.05, 3.63) is 35.9 Å². The Balaban J connectivity index is 1.98. The molecule has 0 aromatic heterocycles. The van der Waals surface area contributed by atoms with Crippen LogP contribution in [-0.2, 0) is 18.3 Å². The van der Waals surface area contributed by atoms with Crippen LogP contribution in [0.1, 0.15) is 18.1 Å². The average Bonchev–Trinajstić information content (AvgIpc) is 2.40. The van der Waals surface area contributed by atoms with Gasteiger partial charge >= 0.3 is 7.60 Å². The molecule has 0 aliphatic carbocycles. The molecule has 0 bridgehead atoms. The van der Waals surface area contributed by atoms with Crippen LogP contribution in [0.4, 0.5) is 0 Å². The van der Waals surface area contributed by atoms with Crippen molar-refractivity contribution in [2.24, 2.45) is 0 Å². The number of hydrogen-bond acceptors (Lipinski definition) is 4. The summed E-state index contributed by atoms with van der Waals surface area (Å²) in [7, 11) is 2.17. The van der Waals surface area contributed by atoms with Gasteiger partial charge in [0.2, 0.25) is 0 Å². The molecule has 1 fully saturated rings. The highest BCUT2D eigenvalue weighted by Crippen LogP contribution is 2.55. The molecule has 96 valence electrons. The average molecular weight is 266 g/mol. The first-order chi connectivity index (χ1) is 8.73. The summed E-state index contributed by atoms with van der Waals surface area (Å²) in [6, 6.07) is 9.73. The van der Waals surface area contributed by atoms with E-state index in [0.29, 0.717) is 26.0 Å². The Labute approximate surface area is 109 Å². The molecule has 0 N–H and O–H groups in total. The van der Waals surface area contributed by atoms with E-state index in [0.717, 1.165) is 5.56 Å². The second-order valence-corrected chi connectivity index (χ2v) is 6.01. The molecule has 4 nitrogen and oxygen atoms in total. The maximum Gasteiger partial charge on any atom is 0.356 e. The summed E-state index contributed by atoms with van der Waals surface area (Å²) < 4.78 is 28.3. The third kappa shape index (κ3) is 3.69. The molecular formula is C12H16BO4P. The molecule has 2 atom stereocenters. The van der Waals surface area contributed by atoms with Crippen LogP contribution in [0.15, 0.2) is 30.3 Å². The first-order valence-corrected chi connectivity index (χ1v) is 7.71. The van der Waals surface area contributed by atoms with Gasteiger partial charge in [0.15, 0.2) is 0 Å². The van der Waals surface area contributed by atoms with Crippen molar-refractivity contribution < 1.29 is 18.3 Å². The number of benzene rings is 1. The van der Waals surface area contributed by atoms with E-state index in [-0.39, 0.29) is 12.5 Å². The first-order valence-electron chi connectivity index (χ1n) is 5.98. The third-order valence-corrected chi connectivity index (χ3v) is 4.29. The molecule has 1 heterocycles. The van der Waals surface area contributed by atoms with E-state index in [1.54, 1.807) is 0 Å². The summed E-state index contributed by atoms with van der Waals surface area (Å²) in [5.41, 5.74) is 1.01. The minimum Gasteiger partial charge on any atom is -0.370 e. The Morgan fingerprint density at radius 3 is 2.89 bits per heavy atom. The van der Waals surface area contributed by atoms with Gasteiger partial charge in [0.25, 0.3) is 0 Å². The fourth-order valence-corrected chi connectivity index (χ4v) is 3.35. The normalized spacial score (nSPS) is 28.1. The number of hydrogen-bond donors (Lipinski definition) is 0. The van der Waals surface area contributed by atoms with Crippen molar-refractivity contribution in [2.75, 3.05) is 19.6 Å². The molecule has 1 saturated heterocycles. The Hall–Kier alpha value is -0.605. The molecule has 1 aliphatic rings. The van der Waals surface area contributed by atoms with Crippen LogP contribution in [-0.4, -0.2) is 27.4 Å². The second kappa shape index (κ2) is 6.53. The van der Waals surface area contributed by atoms with Gasteiger partial charge in [-0.25, -0.2) is 0 Å². The maximum absolute atomic E-state index is 12.3. The Bertz CT molecular complexity index is 412. The molecular weight excluding hydrogens is 250 g/mol. The van der Waals surface area contributed by atoms with Crippen LogP contribution in [0.5, 0.6) is 0 Å². The van der Waals surface area contributed by atoms with Gasteiger partial charge in [0.1, 0.15) is 6.35 Å². The van der Waals surface area contributed by atoms with Crippen LogP contribution in [0, 0.1) is 0 Å². The van der Waals surface area contributed by atoms with Crippen molar-refractivity contribution >= 4 is 15.4 Å². The van der Waals surface area contributed by atoms with Crippen molar-refractivity contribution in [2.45, 2.75) is 18.8 Å². The standard InChI is InChI=1S/C12H16BO4P/c13-7-9-15-10-18(14)16-8-6-12(17-18)11-4-2-1-3-5-11/h1-5,12H,6-10H2. The van der Waals surface area contributed by atoms with Gasteiger partial charge < -0.3 is 9.26 Å². The summed E-state index contributed by atoms with van der Waals surface area (Å²) in [4.78, 5) is 0. The minimum atomic E-state index is -3.14. The maximum atomic E-state index is 12.3. The number of ether oxygens (including phenoxy) is 1. The van der Waals surface area contributed by atoms with E-state index in [2.05, 4.69) is 0 Å². The lowest BCUT2D eigenvalue weighted by Crippen LogP contribution is -2.16. The van der Waals surface area contributed by atoms with Gasteiger partial charge in [-0.05, 0) is 5.56 Å². The summed E-state index contributed by atoms with van der Waals surface area (Å²) in [6.45, 7) is 0.773. The molecule has 1 aliphatic heterocycles. The molecule has 18 heavy (non-hydrogen) atoms. The van der Waals surface area contributed by atoms with E-state index in [1.165, 1.54) is 0 Å². The Morgan fingerprint density at radius 2 is 2.17 bits per heavy atom. The van der Waals surface area contributed by atoms with Gasteiger partial charge in [0.05, 0.1) is 20.6 Å². The monoisotopic (exact) mass is 266 g/mol. The van der Waals surface area contributed by atoms with Crippen molar-refractivity contribution in [1.29, 1.82) is 0 Å². The van der Waals surface area contributed by atoms with Crippen LogP contribution in [0.25, 0.3) is 0 Å². The third-order valence-electron chi connectivity index (χ3n) is 2.64. The first kappa shape index (κ1) is 13.8. The fraction of sp³-hybridized carbons (Fsp3) is 0.500. The molecule has 1 aromatic rings. The second-order valence-electron chi connectivity index (χ2n) is 4.06. The lowest BCUT2D eigenvalue weighted by atomic mass is 10.1. The summed E-state index contributed by atoms with van der Waals surface area (Å²) in [5, 5.41) is 0. The highest BCUT2D eigenvalue weighted by atomic mass is 31.2. The fourth-order valence-electron chi connectivity index (χ4n) is 1.80. The van der Waals surface area contributed by atoms with Gasteiger partial charge in [-0.1, -0.05) is 36.7 Å². The molecule has 2 radical (unpaired) electrons. The predicted octanol–water partition coefficient (Wildman–Crippen LogP) is 2.92. The van der Waals surface area contributed by atoms with E-state index in [4.69, 9.17) is 21.6 Å². The zero-order valence-corrected chi connectivity index (χ0v) is 11.1. The molecule has 2 rings (SSSR count). The van der Waals surface area contributed by atoms with Crippen molar-refractivity contribution in [3.63, 3.8) is 0 Å². The van der Waals surface area contributed by atoms with E-state index in [1.807, 2.05) is 30.3 Å². The van der Waals surface area contributed by atoms with Gasteiger partial charge in [0, 0.05) is 13.0 Å². The molecule has 0 spiro atoms. The zero-order chi connectivity index (χ0) is 12.8. The van der Waals surface area contributed by atoms with Crippen LogP contribution < -0.4 is 0 Å². The topological polar surface area (TPSA) is 44.8 Å². The van der Waals surface area contributed by atoms with E-state index < -0.39 is 7.60 Å². The minimum absolute atomic E-state index is 0.0342. The highest BCUT2D eigenvalue weighted by molar-refractivity contribution is 7.53. The van der Waals surface area contributed by atoms with Crippen LogP contribution >= 0.6 is 7.60 Å². The lowest BCUT2D eigenvalue weighted by Gasteiger charge is -2.29. The van der Waals surface area contributed by atoms with Crippen molar-refractivity contribution in [1.82, 2.24) is 0 Å². The van der Waals surface area contributed by atoms with Crippen molar-refractivity contribution in [3.8, 4) is 0 Å². The largest absolute Gasteiger partial charge is 0.370 e. The zero-order valence-electron chi connectivity index (χ0n) is 10.2. The van der Waals surface area contributed by atoms with Crippen LogP contribution in [0.2, 0.25) is 6.32 Å². The SMILES string of the molecule is [B]CCOCP1(=O)OCCC(c2ccccc2)O1. The van der Waals surface area contributed by atoms with Crippen LogP contribution in [0.3, 0.4) is 0 Å². The molecule has 2 unspecified atom stereocenters. The highest BCUT2D eigenvalue weighted by Gasteiger charge is 2.34. The predicted molar refractivity (Wildman–Crippen MR) is 69.8 cm³/mol. The van der Waals surface area contributed by atoms with E-state index >= 15 is 0 Å².